The van der Waals surface area contributed by atoms with Crippen LogP contribution in [0.3, 0.4) is 0 Å². The van der Waals surface area contributed by atoms with Crippen LogP contribution in [0.2, 0.25) is 0 Å². The van der Waals surface area contributed by atoms with Crippen molar-refractivity contribution in [2.75, 3.05) is 45.7 Å². The summed E-state index contributed by atoms with van der Waals surface area (Å²) in [5, 5.41) is 3.81. The van der Waals surface area contributed by atoms with E-state index in [1.165, 1.54) is 42.9 Å². The monoisotopic (exact) mass is 461 g/mol. The summed E-state index contributed by atoms with van der Waals surface area (Å²) >= 11 is 5.57. The summed E-state index contributed by atoms with van der Waals surface area (Å²) in [6.07, 6.45) is 0.866. The SMILES string of the molecule is CCN(CC)CC.COc1cc2c(cc1OC)[C@H](C)N(C(=S)Nc1ccc(F)cc1)CC2. The molecular weight excluding hydrogens is 425 g/mol. The Labute approximate surface area is 197 Å². The number of nitrogens with one attached hydrogen (secondary N) is 1. The van der Waals surface area contributed by atoms with Gasteiger partial charge < -0.3 is 24.6 Å². The third-order valence-corrected chi connectivity index (χ3v) is 6.22. The van der Waals surface area contributed by atoms with Crippen LogP contribution in [0.1, 0.15) is 44.9 Å². The number of benzene rings is 2. The molecule has 0 aliphatic carbocycles. The van der Waals surface area contributed by atoms with Gasteiger partial charge in [0, 0.05) is 12.2 Å². The Morgan fingerprint density at radius 2 is 1.62 bits per heavy atom. The lowest BCUT2D eigenvalue weighted by molar-refractivity contribution is 0.316. The molecule has 5 nitrogen and oxygen atoms in total. The maximum atomic E-state index is 13.0. The molecule has 1 atom stereocenters. The smallest absolute Gasteiger partial charge is 0.173 e. The Morgan fingerprint density at radius 3 is 2.12 bits per heavy atom. The van der Waals surface area contributed by atoms with Gasteiger partial charge in [0.15, 0.2) is 16.6 Å². The van der Waals surface area contributed by atoms with E-state index < -0.39 is 0 Å². The zero-order chi connectivity index (χ0) is 23.7. The molecule has 32 heavy (non-hydrogen) atoms. The average Bonchev–Trinajstić information content (AvgIpc) is 2.81. The highest BCUT2D eigenvalue weighted by Crippen LogP contribution is 2.38. The van der Waals surface area contributed by atoms with Crippen LogP contribution in [0.4, 0.5) is 10.1 Å². The van der Waals surface area contributed by atoms with Crippen molar-refractivity contribution in [2.45, 2.75) is 40.2 Å². The second-order valence-electron chi connectivity index (χ2n) is 7.58. The lowest BCUT2D eigenvalue weighted by Crippen LogP contribution is -2.41. The van der Waals surface area contributed by atoms with Gasteiger partial charge in [0.2, 0.25) is 0 Å². The Bertz CT molecular complexity index is 867. The van der Waals surface area contributed by atoms with E-state index in [2.05, 4.69) is 42.8 Å². The third kappa shape index (κ3) is 6.56. The van der Waals surface area contributed by atoms with Gasteiger partial charge >= 0.3 is 0 Å². The normalized spacial score (nSPS) is 14.9. The van der Waals surface area contributed by atoms with Crippen LogP contribution in [0, 0.1) is 5.82 Å². The molecule has 0 spiro atoms. The van der Waals surface area contributed by atoms with Crippen molar-refractivity contribution >= 4 is 23.0 Å². The lowest BCUT2D eigenvalue weighted by Gasteiger charge is -2.37. The number of rotatable bonds is 6. The van der Waals surface area contributed by atoms with Gasteiger partial charge in [-0.25, -0.2) is 4.39 Å². The number of nitrogens with zero attached hydrogens (tertiary/aromatic N) is 2. The van der Waals surface area contributed by atoms with Crippen LogP contribution < -0.4 is 14.8 Å². The molecule has 1 aliphatic heterocycles. The lowest BCUT2D eigenvalue weighted by atomic mass is 9.93. The fourth-order valence-electron chi connectivity index (χ4n) is 3.82. The molecule has 0 unspecified atom stereocenters. The predicted molar refractivity (Wildman–Crippen MR) is 134 cm³/mol. The molecule has 0 saturated carbocycles. The first kappa shape index (κ1) is 25.9. The maximum absolute atomic E-state index is 13.0. The van der Waals surface area contributed by atoms with E-state index in [4.69, 9.17) is 21.7 Å². The number of ether oxygens (including phenoxy) is 2. The standard InChI is InChI=1S/C19H21FN2O2S.C6H15N/c1-12-16-11-18(24-3)17(23-2)10-13(16)8-9-22(12)19(25)21-15-6-4-14(20)5-7-15;1-4-7(5-2)6-3/h4-7,10-12H,8-9H2,1-3H3,(H,21,25);4-6H2,1-3H3/t12-;/m0./s1. The van der Waals surface area contributed by atoms with Crippen molar-refractivity contribution in [3.8, 4) is 11.5 Å². The first-order chi connectivity index (χ1) is 15.4. The van der Waals surface area contributed by atoms with E-state index in [9.17, 15) is 4.39 Å². The van der Waals surface area contributed by atoms with E-state index in [-0.39, 0.29) is 11.9 Å². The molecule has 7 heteroatoms. The van der Waals surface area contributed by atoms with Crippen LogP contribution in [-0.2, 0) is 6.42 Å². The fourth-order valence-corrected chi connectivity index (χ4v) is 4.19. The number of halogens is 1. The molecule has 0 aromatic heterocycles. The molecule has 1 heterocycles. The topological polar surface area (TPSA) is 37.0 Å². The molecule has 1 aliphatic rings. The summed E-state index contributed by atoms with van der Waals surface area (Å²) in [4.78, 5) is 4.51. The van der Waals surface area contributed by atoms with Gasteiger partial charge in [-0.2, -0.15) is 0 Å². The minimum Gasteiger partial charge on any atom is -0.493 e. The van der Waals surface area contributed by atoms with E-state index in [0.717, 1.165) is 24.4 Å². The summed E-state index contributed by atoms with van der Waals surface area (Å²) in [6, 6.07) is 10.3. The fraction of sp³-hybridized carbons (Fsp3) is 0.480. The van der Waals surface area contributed by atoms with Crippen molar-refractivity contribution in [2.24, 2.45) is 0 Å². The number of methoxy groups -OCH3 is 2. The number of anilines is 1. The number of hydrogen-bond donors (Lipinski definition) is 1. The second kappa shape index (κ2) is 12.6. The molecular formula is C25H36FN3O2S. The highest BCUT2D eigenvalue weighted by atomic mass is 32.1. The first-order valence-electron chi connectivity index (χ1n) is 11.2. The molecule has 1 N–H and O–H groups in total. The molecule has 0 fully saturated rings. The summed E-state index contributed by atoms with van der Waals surface area (Å²) in [6.45, 7) is 13.0. The van der Waals surface area contributed by atoms with Gasteiger partial charge in [-0.3, -0.25) is 0 Å². The minimum atomic E-state index is -0.266. The van der Waals surface area contributed by atoms with E-state index in [1.54, 1.807) is 26.4 Å². The zero-order valence-corrected chi connectivity index (χ0v) is 20.9. The molecule has 3 rings (SSSR count). The van der Waals surface area contributed by atoms with Crippen LogP contribution in [0.5, 0.6) is 11.5 Å². The van der Waals surface area contributed by atoms with E-state index in [1.807, 2.05) is 12.1 Å². The quantitative estimate of drug-likeness (QED) is 0.572. The minimum absolute atomic E-state index is 0.101. The molecule has 0 bridgehead atoms. The summed E-state index contributed by atoms with van der Waals surface area (Å²) < 4.78 is 23.9. The third-order valence-electron chi connectivity index (χ3n) is 5.88. The second-order valence-corrected chi connectivity index (χ2v) is 7.97. The highest BCUT2D eigenvalue weighted by molar-refractivity contribution is 7.80. The van der Waals surface area contributed by atoms with Crippen molar-refractivity contribution < 1.29 is 13.9 Å². The van der Waals surface area contributed by atoms with E-state index in [0.29, 0.717) is 10.9 Å². The van der Waals surface area contributed by atoms with Gasteiger partial charge in [0.1, 0.15) is 5.82 Å². The Balaban J connectivity index is 0.000000451. The largest absolute Gasteiger partial charge is 0.493 e. The summed E-state index contributed by atoms with van der Waals surface area (Å²) in [5.74, 6) is 1.19. The van der Waals surface area contributed by atoms with Gasteiger partial charge in [0.05, 0.1) is 20.3 Å². The molecule has 176 valence electrons. The van der Waals surface area contributed by atoms with Gasteiger partial charge in [0.25, 0.3) is 0 Å². The van der Waals surface area contributed by atoms with Crippen LogP contribution in [-0.4, -0.2) is 55.3 Å². The predicted octanol–water partition coefficient (Wildman–Crippen LogP) is 5.51. The molecule has 2 aromatic carbocycles. The Kier molecular flexibility index (Phi) is 10.2. The Morgan fingerprint density at radius 1 is 1.06 bits per heavy atom. The zero-order valence-electron chi connectivity index (χ0n) is 20.1. The van der Waals surface area contributed by atoms with Crippen LogP contribution in [0.15, 0.2) is 36.4 Å². The van der Waals surface area contributed by atoms with Gasteiger partial charge in [-0.15, -0.1) is 0 Å². The molecule has 2 aromatic rings. The Hall–Kier alpha value is -2.38. The highest BCUT2D eigenvalue weighted by Gasteiger charge is 2.27. The summed E-state index contributed by atoms with van der Waals surface area (Å²) in [7, 11) is 3.28. The number of hydrogen-bond acceptors (Lipinski definition) is 4. The average molecular weight is 462 g/mol. The van der Waals surface area contributed by atoms with Crippen molar-refractivity contribution in [1.29, 1.82) is 0 Å². The molecule has 0 amide bonds. The summed E-state index contributed by atoms with van der Waals surface area (Å²) in [5.41, 5.74) is 3.19. The van der Waals surface area contributed by atoms with Crippen molar-refractivity contribution in [1.82, 2.24) is 9.80 Å². The number of fused-ring (bicyclic) bond motifs is 1. The maximum Gasteiger partial charge on any atom is 0.173 e. The van der Waals surface area contributed by atoms with Crippen LogP contribution in [0.25, 0.3) is 0 Å². The first-order valence-corrected chi connectivity index (χ1v) is 11.6. The van der Waals surface area contributed by atoms with E-state index >= 15 is 0 Å². The van der Waals surface area contributed by atoms with Crippen LogP contribution >= 0.6 is 12.2 Å². The van der Waals surface area contributed by atoms with Gasteiger partial charge in [-0.1, -0.05) is 20.8 Å². The van der Waals surface area contributed by atoms with Crippen molar-refractivity contribution in [3.63, 3.8) is 0 Å². The van der Waals surface area contributed by atoms with Crippen molar-refractivity contribution in [3.05, 3.63) is 53.3 Å². The number of thiocarbonyl (C=S) groups is 1. The molecule has 0 radical (unpaired) electrons. The van der Waals surface area contributed by atoms with Gasteiger partial charge in [-0.05, 0) is 92.7 Å². The molecule has 0 saturated heterocycles.